The van der Waals surface area contributed by atoms with Gasteiger partial charge in [-0.15, -0.1) is 0 Å². The summed E-state index contributed by atoms with van der Waals surface area (Å²) in [6, 6.07) is 7.06. The Morgan fingerprint density at radius 2 is 1.81 bits per heavy atom. The molecule has 10 heteroatoms. The van der Waals surface area contributed by atoms with Crippen molar-refractivity contribution in [3.63, 3.8) is 0 Å². The molecular weight excluding hydrogens is 505 g/mol. The maximum atomic E-state index is 14.2. The molecule has 5 rings (SSSR count). The molecule has 0 aromatic heterocycles. The lowest BCUT2D eigenvalue weighted by molar-refractivity contribution is -0.136. The number of methoxy groups -OCH3 is 3. The highest BCUT2D eigenvalue weighted by atomic mass is 35.5. The number of carbonyl (C=O) groups excluding carboxylic acids is 3. The zero-order valence-electron chi connectivity index (χ0n) is 20.4. The Kier molecular flexibility index (Phi) is 5.98. The zero-order chi connectivity index (χ0) is 26.6. The summed E-state index contributed by atoms with van der Waals surface area (Å²) in [5.41, 5.74) is -0.696. The van der Waals surface area contributed by atoms with E-state index in [4.69, 9.17) is 30.5 Å². The summed E-state index contributed by atoms with van der Waals surface area (Å²) in [5, 5.41) is 3.05. The highest BCUT2D eigenvalue weighted by molar-refractivity contribution is 6.35. The number of carbonyl (C=O) groups is 3. The second-order valence-electron chi connectivity index (χ2n) is 9.01. The second kappa shape index (κ2) is 8.92. The fourth-order valence-electron chi connectivity index (χ4n) is 5.29. The molecule has 0 saturated heterocycles. The average molecular weight is 528 g/mol. The Hall–Kier alpha value is -3.85. The van der Waals surface area contributed by atoms with Crippen LogP contribution in [0.4, 0.5) is 4.39 Å². The van der Waals surface area contributed by atoms with Crippen LogP contribution in [0, 0.1) is 11.7 Å². The maximum Gasteiger partial charge on any atom is 0.354 e. The van der Waals surface area contributed by atoms with Crippen molar-refractivity contribution in [1.82, 2.24) is 5.32 Å². The molecule has 2 aromatic rings. The molecule has 0 fully saturated rings. The topological polar surface area (TPSA) is 100 Å². The molecule has 3 atom stereocenters. The molecule has 1 spiro atoms. The van der Waals surface area contributed by atoms with Crippen LogP contribution in [-0.4, -0.2) is 44.5 Å². The molecule has 1 aliphatic carbocycles. The van der Waals surface area contributed by atoms with Crippen molar-refractivity contribution in [2.24, 2.45) is 5.92 Å². The Balaban J connectivity index is 1.77. The van der Waals surface area contributed by atoms with Crippen molar-refractivity contribution < 1.29 is 37.7 Å². The fraction of sp³-hybridized carbons (Fsp3) is 0.296. The van der Waals surface area contributed by atoms with Gasteiger partial charge in [0.25, 0.3) is 0 Å². The smallest absolute Gasteiger partial charge is 0.354 e. The summed E-state index contributed by atoms with van der Waals surface area (Å²) in [6.45, 7) is 1.72. The number of halogens is 2. The molecule has 3 unspecified atom stereocenters. The molecule has 3 aliphatic rings. The first kappa shape index (κ1) is 24.8. The summed E-state index contributed by atoms with van der Waals surface area (Å²) in [4.78, 5) is 40.4. The Morgan fingerprint density at radius 3 is 2.43 bits per heavy atom. The normalized spacial score (nSPS) is 24.1. The van der Waals surface area contributed by atoms with Crippen molar-refractivity contribution in [1.29, 1.82) is 0 Å². The van der Waals surface area contributed by atoms with E-state index in [1.165, 1.54) is 57.7 Å². The molecule has 192 valence electrons. The number of nitrogens with one attached hydrogen (secondary N) is 1. The van der Waals surface area contributed by atoms with E-state index in [1.54, 1.807) is 6.92 Å². The number of fused-ring (bicyclic) bond motifs is 2. The zero-order valence-corrected chi connectivity index (χ0v) is 21.2. The van der Waals surface area contributed by atoms with Crippen LogP contribution in [0.3, 0.4) is 0 Å². The van der Waals surface area contributed by atoms with Crippen molar-refractivity contribution >= 4 is 29.1 Å². The molecular formula is C27H23ClFNO7. The van der Waals surface area contributed by atoms with Crippen LogP contribution in [0.15, 0.2) is 53.4 Å². The fourth-order valence-corrected chi connectivity index (χ4v) is 5.55. The van der Waals surface area contributed by atoms with Gasteiger partial charge in [0.15, 0.2) is 11.5 Å². The lowest BCUT2D eigenvalue weighted by atomic mass is 9.67. The van der Waals surface area contributed by atoms with Crippen LogP contribution in [0.25, 0.3) is 0 Å². The predicted octanol–water partition coefficient (Wildman–Crippen LogP) is 4.12. The van der Waals surface area contributed by atoms with Gasteiger partial charge in [0.1, 0.15) is 33.6 Å². The average Bonchev–Trinajstić information content (AvgIpc) is 3.21. The first-order chi connectivity index (χ1) is 17.7. The number of hydrogen-bond donors (Lipinski definition) is 1. The molecule has 37 heavy (non-hydrogen) atoms. The highest BCUT2D eigenvalue weighted by Gasteiger charge is 2.62. The minimum atomic E-state index is -1.72. The number of Topliss-reactive ketones (excluding diaryl/α,β-unsaturated/α-hetero) is 2. The van der Waals surface area contributed by atoms with E-state index in [1.807, 2.05) is 0 Å². The highest BCUT2D eigenvalue weighted by Crippen LogP contribution is 2.56. The molecule has 8 nitrogen and oxygen atoms in total. The number of ether oxygens (including phenoxy) is 4. The Bertz CT molecular complexity index is 1410. The van der Waals surface area contributed by atoms with Crippen molar-refractivity contribution in [2.75, 3.05) is 21.3 Å². The van der Waals surface area contributed by atoms with Crippen LogP contribution in [0.5, 0.6) is 17.2 Å². The van der Waals surface area contributed by atoms with E-state index in [0.29, 0.717) is 5.56 Å². The van der Waals surface area contributed by atoms with Crippen LogP contribution in [0.1, 0.15) is 35.2 Å². The summed E-state index contributed by atoms with van der Waals surface area (Å²) in [7, 11) is 4.04. The monoisotopic (exact) mass is 527 g/mol. The van der Waals surface area contributed by atoms with Crippen LogP contribution >= 0.6 is 11.6 Å². The van der Waals surface area contributed by atoms with Gasteiger partial charge in [0, 0.05) is 29.9 Å². The van der Waals surface area contributed by atoms with Gasteiger partial charge in [-0.05, 0) is 23.8 Å². The van der Waals surface area contributed by atoms with E-state index in [0.717, 1.165) is 0 Å². The minimum absolute atomic E-state index is 0.0137. The SMILES string of the molecule is COC(=O)C1=CC(c2ccc(F)cc2)C2=C(N1)C1(Oc3c(Cl)c(OC)cc(OC)c3C1=O)C(C)CC2=O. The molecule has 2 aromatic carbocycles. The first-order valence-corrected chi connectivity index (χ1v) is 11.8. The molecule has 2 heterocycles. The number of benzene rings is 2. The summed E-state index contributed by atoms with van der Waals surface area (Å²) in [6.07, 6.45) is 1.51. The molecule has 0 bridgehead atoms. The van der Waals surface area contributed by atoms with E-state index in [2.05, 4.69) is 5.32 Å². The number of rotatable bonds is 4. The third kappa shape index (κ3) is 3.52. The van der Waals surface area contributed by atoms with Crippen LogP contribution in [0.2, 0.25) is 5.02 Å². The number of esters is 1. The molecule has 0 amide bonds. The van der Waals surface area contributed by atoms with E-state index >= 15 is 0 Å². The molecule has 1 N–H and O–H groups in total. The summed E-state index contributed by atoms with van der Waals surface area (Å²) >= 11 is 6.56. The molecule has 0 radical (unpaired) electrons. The summed E-state index contributed by atoms with van der Waals surface area (Å²) < 4.78 is 35.8. The van der Waals surface area contributed by atoms with Gasteiger partial charge < -0.3 is 24.3 Å². The molecule has 2 aliphatic heterocycles. The lowest BCUT2D eigenvalue weighted by Gasteiger charge is -2.43. The van der Waals surface area contributed by atoms with Gasteiger partial charge in [-0.1, -0.05) is 30.7 Å². The van der Waals surface area contributed by atoms with Gasteiger partial charge in [-0.3, -0.25) is 9.59 Å². The van der Waals surface area contributed by atoms with E-state index in [9.17, 15) is 18.8 Å². The van der Waals surface area contributed by atoms with Gasteiger partial charge in [-0.2, -0.15) is 0 Å². The number of allylic oxidation sites excluding steroid dienone is 2. The predicted molar refractivity (Wildman–Crippen MR) is 130 cm³/mol. The minimum Gasteiger partial charge on any atom is -0.496 e. The van der Waals surface area contributed by atoms with Crippen molar-refractivity contribution in [3.05, 3.63) is 75.3 Å². The van der Waals surface area contributed by atoms with Crippen LogP contribution in [-0.2, 0) is 14.3 Å². The van der Waals surface area contributed by atoms with Gasteiger partial charge >= 0.3 is 5.97 Å². The van der Waals surface area contributed by atoms with Crippen molar-refractivity contribution in [3.8, 4) is 17.2 Å². The van der Waals surface area contributed by atoms with Gasteiger partial charge in [0.05, 0.1) is 27.0 Å². The number of ketones is 2. The maximum absolute atomic E-state index is 14.2. The standard InChI is InChI=1S/C27H23ClFNO7/c1-12-9-17(31)20-15(13-5-7-14(29)8-6-13)10-16(26(33)36-4)30-24(20)27(12)25(32)21-18(34-2)11-19(35-3)22(28)23(21)37-27/h5-8,10-12,15,30H,9H2,1-4H3. The quantitative estimate of drug-likeness (QED) is 0.593. The lowest BCUT2D eigenvalue weighted by Crippen LogP contribution is -2.57. The van der Waals surface area contributed by atoms with Gasteiger partial charge in [-0.25, -0.2) is 9.18 Å². The first-order valence-electron chi connectivity index (χ1n) is 11.5. The third-order valence-corrected chi connectivity index (χ3v) is 7.44. The third-order valence-electron chi connectivity index (χ3n) is 7.08. The number of dihydropyridines is 1. The van der Waals surface area contributed by atoms with Gasteiger partial charge in [0.2, 0.25) is 11.4 Å². The Morgan fingerprint density at radius 1 is 1.14 bits per heavy atom. The van der Waals surface area contributed by atoms with E-state index < -0.39 is 35.0 Å². The largest absolute Gasteiger partial charge is 0.496 e. The second-order valence-corrected chi connectivity index (χ2v) is 9.39. The number of hydrogen-bond acceptors (Lipinski definition) is 8. The van der Waals surface area contributed by atoms with Crippen molar-refractivity contribution in [2.45, 2.75) is 24.9 Å². The summed E-state index contributed by atoms with van der Waals surface area (Å²) in [5.74, 6) is -2.80. The Labute approximate surface area is 217 Å². The van der Waals surface area contributed by atoms with E-state index in [-0.39, 0.29) is 57.0 Å². The van der Waals surface area contributed by atoms with Crippen LogP contribution < -0.4 is 19.5 Å². The molecule has 0 saturated carbocycles.